The van der Waals surface area contributed by atoms with Crippen LogP contribution in [0, 0.1) is 13.8 Å². The number of carboxylic acids is 1. The molecule has 0 aliphatic rings. The molecule has 0 aliphatic carbocycles. The van der Waals surface area contributed by atoms with Gasteiger partial charge in [0.2, 0.25) is 0 Å². The van der Waals surface area contributed by atoms with Gasteiger partial charge < -0.3 is 9.84 Å². The molecular weight excluding hydrogens is 316 g/mol. The molecule has 0 amide bonds. The van der Waals surface area contributed by atoms with Crippen LogP contribution >= 0.6 is 0 Å². The van der Waals surface area contributed by atoms with Crippen molar-refractivity contribution >= 4 is 5.97 Å². The molecule has 128 valence electrons. The Kier molecular flexibility index (Phi) is 5.87. The quantitative estimate of drug-likeness (QED) is 0.807. The monoisotopic (exact) mass is 335 g/mol. The molecule has 2 aromatic carbocycles. The third-order valence-corrected chi connectivity index (χ3v) is 3.62. The average molecular weight is 335 g/mol. The third-order valence-electron chi connectivity index (χ3n) is 3.62. The van der Waals surface area contributed by atoms with Crippen LogP contribution in [0.25, 0.3) is 0 Å². The Hall–Kier alpha value is -2.47. The minimum atomic E-state index is -2.87. The third kappa shape index (κ3) is 4.52. The predicted molar refractivity (Wildman–Crippen MR) is 86.2 cm³/mol. The number of carbonyl (C=O) groups is 1. The Labute approximate surface area is 139 Å². The molecule has 6 heteroatoms. The van der Waals surface area contributed by atoms with E-state index in [-0.39, 0.29) is 5.75 Å². The van der Waals surface area contributed by atoms with Gasteiger partial charge in [0.25, 0.3) is 0 Å². The Morgan fingerprint density at radius 2 is 1.75 bits per heavy atom. The second kappa shape index (κ2) is 7.88. The zero-order valence-electron chi connectivity index (χ0n) is 13.4. The lowest BCUT2D eigenvalue weighted by molar-refractivity contribution is -0.139. The van der Waals surface area contributed by atoms with E-state index in [1.54, 1.807) is 50.2 Å². The molecule has 4 nitrogen and oxygen atoms in total. The van der Waals surface area contributed by atoms with E-state index in [2.05, 4.69) is 10.1 Å². The molecule has 0 saturated heterocycles. The van der Waals surface area contributed by atoms with Gasteiger partial charge in [0.1, 0.15) is 11.8 Å². The Bertz CT molecular complexity index is 682. The molecule has 0 radical (unpaired) electrons. The van der Waals surface area contributed by atoms with Gasteiger partial charge in [-0.05, 0) is 36.1 Å². The van der Waals surface area contributed by atoms with Crippen molar-refractivity contribution in [3.05, 3.63) is 64.7 Å². The van der Waals surface area contributed by atoms with Crippen LogP contribution < -0.4 is 10.1 Å². The number of halogens is 2. The average Bonchev–Trinajstić information content (AvgIpc) is 2.51. The second-order valence-corrected chi connectivity index (χ2v) is 5.50. The maximum absolute atomic E-state index is 12.4. The highest BCUT2D eigenvalue weighted by Crippen LogP contribution is 2.26. The Balaban J connectivity index is 2.14. The van der Waals surface area contributed by atoms with Crippen molar-refractivity contribution in [1.29, 1.82) is 0 Å². The van der Waals surface area contributed by atoms with Crippen LogP contribution in [0.1, 0.15) is 28.3 Å². The molecule has 24 heavy (non-hydrogen) atoms. The molecule has 0 heterocycles. The first-order valence-electron chi connectivity index (χ1n) is 7.44. The molecule has 0 aliphatic heterocycles. The smallest absolute Gasteiger partial charge is 0.387 e. The fourth-order valence-corrected chi connectivity index (χ4v) is 2.63. The van der Waals surface area contributed by atoms with Crippen molar-refractivity contribution in [2.24, 2.45) is 0 Å². The van der Waals surface area contributed by atoms with E-state index < -0.39 is 18.6 Å². The van der Waals surface area contributed by atoms with Crippen LogP contribution in [0.4, 0.5) is 8.78 Å². The number of aliphatic carboxylic acids is 1. The number of hydrogen-bond donors (Lipinski definition) is 2. The van der Waals surface area contributed by atoms with Gasteiger partial charge in [-0.3, -0.25) is 10.1 Å². The summed E-state index contributed by atoms with van der Waals surface area (Å²) < 4.78 is 29.3. The molecule has 2 rings (SSSR count). The summed E-state index contributed by atoms with van der Waals surface area (Å²) in [5, 5.41) is 12.4. The van der Waals surface area contributed by atoms with E-state index in [9.17, 15) is 18.7 Å². The standard InChI is InChI=1S/C18H19F2NO3/c1-11-8-13(9-12(2)16(11)24-18(19)20)10-21-15(17(22)23)14-6-4-3-5-7-14/h3-9,15,18,21H,10H2,1-2H3,(H,22,23)/t15-/m1/s1. The summed E-state index contributed by atoms with van der Waals surface area (Å²) >= 11 is 0. The molecule has 0 unspecified atom stereocenters. The van der Waals surface area contributed by atoms with Crippen molar-refractivity contribution in [3.63, 3.8) is 0 Å². The normalized spacial score (nSPS) is 12.2. The van der Waals surface area contributed by atoms with Crippen LogP contribution in [0.2, 0.25) is 0 Å². The summed E-state index contributed by atoms with van der Waals surface area (Å²) in [6, 6.07) is 11.4. The lowest BCUT2D eigenvalue weighted by Crippen LogP contribution is -2.28. The maximum Gasteiger partial charge on any atom is 0.387 e. The summed E-state index contributed by atoms with van der Waals surface area (Å²) in [5.74, 6) is -0.820. The number of ether oxygens (including phenoxy) is 1. The van der Waals surface area contributed by atoms with Gasteiger partial charge in [0, 0.05) is 6.54 Å². The number of hydrogen-bond acceptors (Lipinski definition) is 3. The van der Waals surface area contributed by atoms with E-state index in [4.69, 9.17) is 0 Å². The minimum Gasteiger partial charge on any atom is -0.480 e. The zero-order valence-corrected chi connectivity index (χ0v) is 13.4. The van der Waals surface area contributed by atoms with Gasteiger partial charge in [-0.15, -0.1) is 0 Å². The largest absolute Gasteiger partial charge is 0.480 e. The second-order valence-electron chi connectivity index (χ2n) is 5.50. The molecule has 0 bridgehead atoms. The number of nitrogens with one attached hydrogen (secondary N) is 1. The van der Waals surface area contributed by atoms with Gasteiger partial charge in [-0.1, -0.05) is 42.5 Å². The van der Waals surface area contributed by atoms with Crippen molar-refractivity contribution in [2.75, 3.05) is 0 Å². The molecule has 0 fully saturated rings. The van der Waals surface area contributed by atoms with Gasteiger partial charge in [-0.25, -0.2) is 0 Å². The van der Waals surface area contributed by atoms with Gasteiger partial charge >= 0.3 is 12.6 Å². The van der Waals surface area contributed by atoms with Crippen LogP contribution in [-0.4, -0.2) is 17.7 Å². The summed E-state index contributed by atoms with van der Waals surface area (Å²) in [6.45, 7) is 0.781. The molecule has 0 aromatic heterocycles. The molecule has 2 aromatic rings. The SMILES string of the molecule is Cc1cc(CN[C@@H](C(=O)O)c2ccccc2)cc(C)c1OC(F)F. The highest BCUT2D eigenvalue weighted by atomic mass is 19.3. The van der Waals surface area contributed by atoms with Crippen molar-refractivity contribution in [1.82, 2.24) is 5.32 Å². The number of alkyl halides is 2. The highest BCUT2D eigenvalue weighted by Gasteiger charge is 2.19. The Morgan fingerprint density at radius 3 is 2.25 bits per heavy atom. The Morgan fingerprint density at radius 1 is 1.17 bits per heavy atom. The highest BCUT2D eigenvalue weighted by molar-refractivity contribution is 5.75. The predicted octanol–water partition coefficient (Wildman–Crippen LogP) is 3.82. The summed E-state index contributed by atoms with van der Waals surface area (Å²) in [6.07, 6.45) is 0. The lowest BCUT2D eigenvalue weighted by Gasteiger charge is -2.17. The van der Waals surface area contributed by atoms with E-state index in [1.165, 1.54) is 0 Å². The van der Waals surface area contributed by atoms with E-state index in [0.29, 0.717) is 23.2 Å². The molecule has 0 spiro atoms. The number of carboxylic acid groups (broad SMARTS) is 1. The van der Waals surface area contributed by atoms with E-state index >= 15 is 0 Å². The molecule has 1 atom stereocenters. The number of aryl methyl sites for hydroxylation is 2. The van der Waals surface area contributed by atoms with Gasteiger partial charge in [-0.2, -0.15) is 8.78 Å². The molecule has 2 N–H and O–H groups in total. The summed E-state index contributed by atoms with van der Waals surface area (Å²) in [5.41, 5.74) is 2.61. The lowest BCUT2D eigenvalue weighted by atomic mass is 10.0. The first-order chi connectivity index (χ1) is 11.4. The van der Waals surface area contributed by atoms with E-state index in [1.807, 2.05) is 6.07 Å². The molecule has 0 saturated carbocycles. The van der Waals surface area contributed by atoms with Crippen LogP contribution in [-0.2, 0) is 11.3 Å². The van der Waals surface area contributed by atoms with Gasteiger partial charge in [0.05, 0.1) is 0 Å². The van der Waals surface area contributed by atoms with Crippen LogP contribution in [0.3, 0.4) is 0 Å². The molecular formula is C18H19F2NO3. The number of rotatable bonds is 7. The fraction of sp³-hybridized carbons (Fsp3) is 0.278. The first-order valence-corrected chi connectivity index (χ1v) is 7.44. The first kappa shape index (κ1) is 17.9. The zero-order chi connectivity index (χ0) is 17.7. The van der Waals surface area contributed by atoms with Crippen LogP contribution in [0.15, 0.2) is 42.5 Å². The minimum absolute atomic E-state index is 0.159. The fourth-order valence-electron chi connectivity index (χ4n) is 2.63. The van der Waals surface area contributed by atoms with Crippen molar-refractivity contribution in [3.8, 4) is 5.75 Å². The van der Waals surface area contributed by atoms with E-state index in [0.717, 1.165) is 5.56 Å². The number of benzene rings is 2. The van der Waals surface area contributed by atoms with Crippen molar-refractivity contribution in [2.45, 2.75) is 33.0 Å². The maximum atomic E-state index is 12.4. The van der Waals surface area contributed by atoms with Gasteiger partial charge in [0.15, 0.2) is 0 Å². The summed E-state index contributed by atoms with van der Waals surface area (Å²) in [7, 11) is 0. The topological polar surface area (TPSA) is 58.6 Å². The summed E-state index contributed by atoms with van der Waals surface area (Å²) in [4.78, 5) is 11.5. The van der Waals surface area contributed by atoms with Crippen molar-refractivity contribution < 1.29 is 23.4 Å². The van der Waals surface area contributed by atoms with Crippen LogP contribution in [0.5, 0.6) is 5.75 Å².